The van der Waals surface area contributed by atoms with Gasteiger partial charge in [0.15, 0.2) is 0 Å². The molecule has 1 amide bonds. The summed E-state index contributed by atoms with van der Waals surface area (Å²) >= 11 is 0. The van der Waals surface area contributed by atoms with Crippen molar-refractivity contribution < 1.29 is 19.4 Å². The first-order valence-electron chi connectivity index (χ1n) is 5.64. The predicted octanol–water partition coefficient (Wildman–Crippen LogP) is 0.640. The van der Waals surface area contributed by atoms with E-state index in [1.165, 1.54) is 0 Å². The molecule has 0 aromatic heterocycles. The maximum absolute atomic E-state index is 11.4. The summed E-state index contributed by atoms with van der Waals surface area (Å²) in [7, 11) is 0. The molecular formula is C11H19NO4. The van der Waals surface area contributed by atoms with Gasteiger partial charge in [-0.05, 0) is 12.3 Å². The zero-order chi connectivity index (χ0) is 12.0. The van der Waals surface area contributed by atoms with Crippen LogP contribution in [0, 0.1) is 11.8 Å². The molecule has 1 aliphatic heterocycles. The van der Waals surface area contributed by atoms with E-state index in [1.807, 2.05) is 0 Å². The fourth-order valence-corrected chi connectivity index (χ4v) is 1.76. The third kappa shape index (κ3) is 5.11. The molecule has 0 spiro atoms. The van der Waals surface area contributed by atoms with Crippen LogP contribution in [0.3, 0.4) is 0 Å². The number of amides is 1. The van der Waals surface area contributed by atoms with Crippen LogP contribution in [0.4, 0.5) is 0 Å². The molecule has 1 aliphatic rings. The zero-order valence-electron chi connectivity index (χ0n) is 9.57. The third-order valence-electron chi connectivity index (χ3n) is 2.67. The Kier molecular flexibility index (Phi) is 5.25. The van der Waals surface area contributed by atoms with Gasteiger partial charge in [0.1, 0.15) is 0 Å². The zero-order valence-corrected chi connectivity index (χ0v) is 9.57. The van der Waals surface area contributed by atoms with Crippen LogP contribution < -0.4 is 5.32 Å². The summed E-state index contributed by atoms with van der Waals surface area (Å²) in [6, 6.07) is 0. The summed E-state index contributed by atoms with van der Waals surface area (Å²) in [5.41, 5.74) is 0. The van der Waals surface area contributed by atoms with Crippen molar-refractivity contribution >= 4 is 11.9 Å². The second-order valence-electron chi connectivity index (χ2n) is 4.44. The molecule has 2 atom stereocenters. The Hall–Kier alpha value is -1.10. The molecule has 1 fully saturated rings. The quantitative estimate of drug-likeness (QED) is 0.701. The smallest absolute Gasteiger partial charge is 0.303 e. The number of carboxylic acid groups (broad SMARTS) is 1. The lowest BCUT2D eigenvalue weighted by atomic mass is 10.0. The minimum Gasteiger partial charge on any atom is -0.481 e. The van der Waals surface area contributed by atoms with Crippen LogP contribution in [-0.4, -0.2) is 36.7 Å². The lowest BCUT2D eigenvalue weighted by Gasteiger charge is -2.11. The molecule has 2 N–H and O–H groups in total. The van der Waals surface area contributed by atoms with Crippen LogP contribution in [-0.2, 0) is 14.3 Å². The predicted molar refractivity (Wildman–Crippen MR) is 58.0 cm³/mol. The molecule has 92 valence electrons. The Labute approximate surface area is 95.2 Å². The van der Waals surface area contributed by atoms with Crippen LogP contribution in [0.2, 0.25) is 0 Å². The fraction of sp³-hybridized carbons (Fsp3) is 0.818. The fourth-order valence-electron chi connectivity index (χ4n) is 1.76. The number of hydrogen-bond acceptors (Lipinski definition) is 3. The molecule has 1 heterocycles. The molecular weight excluding hydrogens is 210 g/mol. The van der Waals surface area contributed by atoms with Gasteiger partial charge in [0.05, 0.1) is 6.61 Å². The van der Waals surface area contributed by atoms with Gasteiger partial charge in [0.2, 0.25) is 5.91 Å². The van der Waals surface area contributed by atoms with Crippen molar-refractivity contribution in [2.24, 2.45) is 11.8 Å². The largest absolute Gasteiger partial charge is 0.481 e. The minimum atomic E-state index is -0.857. The van der Waals surface area contributed by atoms with Crippen molar-refractivity contribution in [3.63, 3.8) is 0 Å². The number of ether oxygens (including phenoxy) is 1. The molecule has 0 aliphatic carbocycles. The van der Waals surface area contributed by atoms with Crippen molar-refractivity contribution in [2.45, 2.75) is 26.2 Å². The average Bonchev–Trinajstić information content (AvgIpc) is 2.65. The second-order valence-corrected chi connectivity index (χ2v) is 4.44. The normalized spacial score (nSPS) is 21.7. The van der Waals surface area contributed by atoms with Gasteiger partial charge in [0, 0.05) is 31.9 Å². The van der Waals surface area contributed by atoms with E-state index in [-0.39, 0.29) is 24.7 Å². The molecule has 5 heteroatoms. The van der Waals surface area contributed by atoms with Crippen molar-refractivity contribution in [2.75, 3.05) is 19.8 Å². The Morgan fingerprint density at radius 3 is 2.81 bits per heavy atom. The Morgan fingerprint density at radius 2 is 2.25 bits per heavy atom. The highest BCUT2D eigenvalue weighted by molar-refractivity contribution is 5.77. The number of carbonyl (C=O) groups excluding carboxylic acids is 1. The van der Waals surface area contributed by atoms with E-state index >= 15 is 0 Å². The monoisotopic (exact) mass is 229 g/mol. The van der Waals surface area contributed by atoms with Gasteiger partial charge >= 0.3 is 5.97 Å². The second kappa shape index (κ2) is 6.48. The third-order valence-corrected chi connectivity index (χ3v) is 2.67. The van der Waals surface area contributed by atoms with Crippen LogP contribution >= 0.6 is 0 Å². The first-order chi connectivity index (χ1) is 7.58. The van der Waals surface area contributed by atoms with E-state index in [4.69, 9.17) is 9.84 Å². The van der Waals surface area contributed by atoms with E-state index < -0.39 is 5.97 Å². The molecule has 0 radical (unpaired) electrons. The maximum Gasteiger partial charge on any atom is 0.303 e. The van der Waals surface area contributed by atoms with Crippen molar-refractivity contribution in [1.29, 1.82) is 0 Å². The molecule has 1 saturated heterocycles. The number of hydrogen-bond donors (Lipinski definition) is 2. The topological polar surface area (TPSA) is 75.6 Å². The Bertz CT molecular complexity index is 248. The van der Waals surface area contributed by atoms with Gasteiger partial charge < -0.3 is 15.2 Å². The highest BCUT2D eigenvalue weighted by Gasteiger charge is 2.17. The number of rotatable bonds is 6. The summed E-state index contributed by atoms with van der Waals surface area (Å²) in [5, 5.41) is 11.4. The first-order valence-corrected chi connectivity index (χ1v) is 5.64. The SMILES string of the molecule is CC(CC(=O)O)CC(=O)NCC1CCOC1. The van der Waals surface area contributed by atoms with Crippen LogP contribution in [0.1, 0.15) is 26.2 Å². The van der Waals surface area contributed by atoms with Crippen LogP contribution in [0.15, 0.2) is 0 Å². The highest BCUT2D eigenvalue weighted by Crippen LogP contribution is 2.11. The highest BCUT2D eigenvalue weighted by atomic mass is 16.5. The summed E-state index contributed by atoms with van der Waals surface area (Å²) in [6.07, 6.45) is 1.31. The van der Waals surface area contributed by atoms with E-state index in [2.05, 4.69) is 5.32 Å². The van der Waals surface area contributed by atoms with Gasteiger partial charge in [-0.2, -0.15) is 0 Å². The van der Waals surface area contributed by atoms with Crippen LogP contribution in [0.25, 0.3) is 0 Å². The molecule has 0 aromatic carbocycles. The number of carbonyl (C=O) groups is 2. The molecule has 5 nitrogen and oxygen atoms in total. The van der Waals surface area contributed by atoms with Gasteiger partial charge in [-0.3, -0.25) is 9.59 Å². The number of aliphatic carboxylic acids is 1. The van der Waals surface area contributed by atoms with Gasteiger partial charge in [-0.1, -0.05) is 6.92 Å². The van der Waals surface area contributed by atoms with Gasteiger partial charge in [-0.15, -0.1) is 0 Å². The van der Waals surface area contributed by atoms with Crippen LogP contribution in [0.5, 0.6) is 0 Å². The minimum absolute atomic E-state index is 0.0416. The molecule has 16 heavy (non-hydrogen) atoms. The molecule has 0 bridgehead atoms. The van der Waals surface area contributed by atoms with E-state index in [1.54, 1.807) is 6.92 Å². The average molecular weight is 229 g/mol. The summed E-state index contributed by atoms with van der Waals surface area (Å²) < 4.78 is 5.19. The van der Waals surface area contributed by atoms with E-state index in [0.717, 1.165) is 13.0 Å². The van der Waals surface area contributed by atoms with E-state index in [0.29, 0.717) is 19.1 Å². The Balaban J connectivity index is 2.12. The van der Waals surface area contributed by atoms with Crippen molar-refractivity contribution in [3.8, 4) is 0 Å². The Morgan fingerprint density at radius 1 is 1.50 bits per heavy atom. The number of nitrogens with one attached hydrogen (secondary N) is 1. The maximum atomic E-state index is 11.4. The van der Waals surface area contributed by atoms with Crippen molar-refractivity contribution in [1.82, 2.24) is 5.32 Å². The first kappa shape index (κ1) is 13.0. The number of carboxylic acids is 1. The molecule has 0 saturated carbocycles. The van der Waals surface area contributed by atoms with Gasteiger partial charge in [0.25, 0.3) is 0 Å². The summed E-state index contributed by atoms with van der Waals surface area (Å²) in [6.45, 7) is 3.89. The van der Waals surface area contributed by atoms with Crippen molar-refractivity contribution in [3.05, 3.63) is 0 Å². The molecule has 1 rings (SSSR count). The molecule has 2 unspecified atom stereocenters. The lowest BCUT2D eigenvalue weighted by Crippen LogP contribution is -2.30. The van der Waals surface area contributed by atoms with Gasteiger partial charge in [-0.25, -0.2) is 0 Å². The summed E-state index contributed by atoms with van der Waals surface area (Å²) in [5.74, 6) is -0.624. The summed E-state index contributed by atoms with van der Waals surface area (Å²) in [4.78, 5) is 21.9. The van der Waals surface area contributed by atoms with E-state index in [9.17, 15) is 9.59 Å². The lowest BCUT2D eigenvalue weighted by molar-refractivity contribution is -0.138. The molecule has 0 aromatic rings. The standard InChI is InChI=1S/C11H19NO4/c1-8(5-11(14)15)4-10(13)12-6-9-2-3-16-7-9/h8-9H,2-7H2,1H3,(H,12,13)(H,14,15).